The number of nitrogens with one attached hydrogen (secondary N) is 1. The highest BCUT2D eigenvalue weighted by Gasteiger charge is 2.18. The Morgan fingerprint density at radius 2 is 2.00 bits per heavy atom. The summed E-state index contributed by atoms with van der Waals surface area (Å²) in [5.41, 5.74) is 3.10. The molecule has 2 heterocycles. The summed E-state index contributed by atoms with van der Waals surface area (Å²) in [7, 11) is 2.13. The average Bonchev–Trinajstić information content (AvgIpc) is 2.81. The smallest absolute Gasteiger partial charge is 0.227 e. The van der Waals surface area contributed by atoms with Crippen LogP contribution in [0.4, 0.5) is 11.8 Å². The maximum absolute atomic E-state index is 6.45. The van der Waals surface area contributed by atoms with Gasteiger partial charge in [0, 0.05) is 54.2 Å². The molecule has 0 radical (unpaired) electrons. The highest BCUT2D eigenvalue weighted by atomic mass is 35.5. The Morgan fingerprint density at radius 1 is 1.18 bits per heavy atom. The van der Waals surface area contributed by atoms with Crippen molar-refractivity contribution in [2.24, 2.45) is 4.99 Å². The minimum absolute atomic E-state index is 0.664. The number of aliphatic imine (C=N–C) groups is 1. The van der Waals surface area contributed by atoms with Gasteiger partial charge in [0.05, 0.1) is 0 Å². The maximum atomic E-state index is 6.45. The Hall–Kier alpha value is -2.67. The van der Waals surface area contributed by atoms with Crippen LogP contribution in [-0.4, -0.2) is 53.9 Å². The van der Waals surface area contributed by atoms with Crippen LogP contribution in [0.3, 0.4) is 0 Å². The molecule has 1 N–H and O–H groups in total. The molecule has 0 aromatic carbocycles. The SMILES string of the molecule is C=CN=C(/C=C1/C=CC(C2=C(Cl)CCC=C2Cl)=CC1)Nc1ccnc(N2CCN(C)CC2)n1. The number of anilines is 2. The molecular formula is C25H28Cl2N6. The second-order valence-electron chi connectivity index (χ2n) is 8.14. The van der Waals surface area contributed by atoms with E-state index in [1.54, 1.807) is 6.20 Å². The van der Waals surface area contributed by atoms with Crippen molar-refractivity contribution in [3.05, 3.63) is 82.2 Å². The van der Waals surface area contributed by atoms with E-state index in [4.69, 9.17) is 28.2 Å². The van der Waals surface area contributed by atoms with Gasteiger partial charge >= 0.3 is 0 Å². The zero-order chi connectivity index (χ0) is 23.2. The van der Waals surface area contributed by atoms with Crippen molar-refractivity contribution in [1.29, 1.82) is 0 Å². The van der Waals surface area contributed by atoms with Gasteiger partial charge in [-0.15, -0.1) is 0 Å². The Morgan fingerprint density at radius 3 is 2.70 bits per heavy atom. The van der Waals surface area contributed by atoms with Crippen molar-refractivity contribution in [3.8, 4) is 0 Å². The molecule has 33 heavy (non-hydrogen) atoms. The molecule has 1 saturated heterocycles. The molecule has 8 heteroatoms. The van der Waals surface area contributed by atoms with Crippen LogP contribution in [-0.2, 0) is 0 Å². The van der Waals surface area contributed by atoms with E-state index >= 15 is 0 Å². The van der Waals surface area contributed by atoms with Crippen LogP contribution in [0.25, 0.3) is 0 Å². The molecule has 0 spiro atoms. The van der Waals surface area contributed by atoms with Gasteiger partial charge in [-0.3, -0.25) is 0 Å². The molecule has 0 atom stereocenters. The number of aromatic nitrogens is 2. The van der Waals surface area contributed by atoms with E-state index in [1.165, 1.54) is 6.20 Å². The molecule has 1 fully saturated rings. The lowest BCUT2D eigenvalue weighted by atomic mass is 9.93. The van der Waals surface area contributed by atoms with Gasteiger partial charge in [0.25, 0.3) is 0 Å². The van der Waals surface area contributed by atoms with Gasteiger partial charge in [-0.05, 0) is 49.6 Å². The number of hydrogen-bond acceptors (Lipinski definition) is 5. The number of rotatable bonds is 5. The molecule has 1 aromatic rings. The number of amidine groups is 1. The molecule has 1 aromatic heterocycles. The first kappa shape index (κ1) is 23.5. The van der Waals surface area contributed by atoms with Gasteiger partial charge in [-0.25, -0.2) is 9.98 Å². The number of halogens is 2. The fourth-order valence-corrected chi connectivity index (χ4v) is 4.62. The van der Waals surface area contributed by atoms with Gasteiger partial charge < -0.3 is 15.1 Å². The van der Waals surface area contributed by atoms with Crippen LogP contribution >= 0.6 is 23.2 Å². The van der Waals surface area contributed by atoms with Gasteiger partial charge in [0.1, 0.15) is 11.7 Å². The molecule has 1 aliphatic heterocycles. The van der Waals surface area contributed by atoms with Crippen molar-refractivity contribution >= 4 is 40.8 Å². The van der Waals surface area contributed by atoms with Crippen LogP contribution in [0.15, 0.2) is 87.2 Å². The zero-order valence-electron chi connectivity index (χ0n) is 18.8. The monoisotopic (exact) mass is 482 g/mol. The first-order valence-corrected chi connectivity index (χ1v) is 11.8. The normalized spacial score (nSPS) is 21.2. The van der Waals surface area contributed by atoms with Crippen LogP contribution in [0.5, 0.6) is 0 Å². The Labute approximate surface area is 205 Å². The largest absolute Gasteiger partial charge is 0.338 e. The Balaban J connectivity index is 1.46. The predicted molar refractivity (Wildman–Crippen MR) is 139 cm³/mol. The molecule has 4 rings (SSSR count). The lowest BCUT2D eigenvalue weighted by Gasteiger charge is -2.32. The number of hydrogen-bond donors (Lipinski definition) is 1. The summed E-state index contributed by atoms with van der Waals surface area (Å²) in [6.07, 6.45) is 16.0. The molecule has 0 bridgehead atoms. The summed E-state index contributed by atoms with van der Waals surface area (Å²) in [6, 6.07) is 1.84. The zero-order valence-corrected chi connectivity index (χ0v) is 20.3. The number of allylic oxidation sites excluding steroid dienone is 9. The number of likely N-dealkylation sites (N-methyl/N-ethyl adjacent to an activating group) is 1. The van der Waals surface area contributed by atoms with E-state index in [9.17, 15) is 0 Å². The second kappa shape index (κ2) is 11.0. The van der Waals surface area contributed by atoms with E-state index in [1.807, 2.05) is 18.2 Å². The lowest BCUT2D eigenvalue weighted by molar-refractivity contribution is 0.311. The second-order valence-corrected chi connectivity index (χ2v) is 9.00. The minimum atomic E-state index is 0.664. The van der Waals surface area contributed by atoms with E-state index in [-0.39, 0.29) is 0 Å². The summed E-state index contributed by atoms with van der Waals surface area (Å²) in [6.45, 7) is 7.58. The molecule has 0 unspecified atom stereocenters. The van der Waals surface area contributed by atoms with Crippen LogP contribution in [0.2, 0.25) is 0 Å². The fourth-order valence-electron chi connectivity index (χ4n) is 3.92. The lowest BCUT2D eigenvalue weighted by Crippen LogP contribution is -2.45. The number of piperazine rings is 1. The summed E-state index contributed by atoms with van der Waals surface area (Å²) in [4.78, 5) is 18.1. The van der Waals surface area contributed by atoms with Crippen LogP contribution in [0.1, 0.15) is 19.3 Å². The Bertz CT molecular complexity index is 1090. The number of nitrogens with zero attached hydrogens (tertiary/aromatic N) is 5. The quantitative estimate of drug-likeness (QED) is 0.449. The van der Waals surface area contributed by atoms with Crippen molar-refractivity contribution in [1.82, 2.24) is 14.9 Å². The van der Waals surface area contributed by atoms with E-state index in [0.717, 1.165) is 78.2 Å². The van der Waals surface area contributed by atoms with Crippen LogP contribution < -0.4 is 10.2 Å². The molecule has 3 aliphatic rings. The van der Waals surface area contributed by atoms with Crippen molar-refractivity contribution in [3.63, 3.8) is 0 Å². The minimum Gasteiger partial charge on any atom is -0.338 e. The van der Waals surface area contributed by atoms with E-state index < -0.39 is 0 Å². The highest BCUT2D eigenvalue weighted by Crippen LogP contribution is 2.37. The summed E-state index contributed by atoms with van der Waals surface area (Å²) >= 11 is 12.9. The standard InChI is InChI=1S/C25H28Cl2N6/c1-3-28-23(30-22-11-12-29-25(31-22)33-15-13-32(2)14-16-33)17-18-7-9-19(10-8-18)24-20(26)5-4-6-21(24)27/h3,5,7,9-12,17H,1,4,6,8,13-16H2,2H3,(H,28,29,30,31)/b18-17-. The third-order valence-electron chi connectivity index (χ3n) is 5.76. The highest BCUT2D eigenvalue weighted by molar-refractivity contribution is 6.36. The van der Waals surface area contributed by atoms with Crippen molar-refractivity contribution < 1.29 is 0 Å². The molecule has 0 saturated carbocycles. The summed E-state index contributed by atoms with van der Waals surface area (Å²) < 4.78 is 0. The third kappa shape index (κ3) is 6.02. The van der Waals surface area contributed by atoms with Gasteiger partial charge in [-0.1, -0.05) is 54.1 Å². The molecule has 0 amide bonds. The molecule has 2 aliphatic carbocycles. The summed E-state index contributed by atoms with van der Waals surface area (Å²) in [5, 5.41) is 4.85. The first-order valence-electron chi connectivity index (χ1n) is 11.1. The summed E-state index contributed by atoms with van der Waals surface area (Å²) in [5.74, 6) is 2.09. The van der Waals surface area contributed by atoms with Crippen molar-refractivity contribution in [2.45, 2.75) is 19.3 Å². The third-order valence-corrected chi connectivity index (χ3v) is 6.48. The average molecular weight is 483 g/mol. The predicted octanol–water partition coefficient (Wildman–Crippen LogP) is 5.40. The fraction of sp³-hybridized carbons (Fsp3) is 0.320. The topological polar surface area (TPSA) is 56.7 Å². The van der Waals surface area contributed by atoms with Gasteiger partial charge in [0.2, 0.25) is 5.95 Å². The van der Waals surface area contributed by atoms with Gasteiger partial charge in [0.15, 0.2) is 0 Å². The molecule has 6 nitrogen and oxygen atoms in total. The Kier molecular flexibility index (Phi) is 7.81. The maximum Gasteiger partial charge on any atom is 0.227 e. The first-order chi connectivity index (χ1) is 16.0. The van der Waals surface area contributed by atoms with E-state index in [2.05, 4.69) is 56.9 Å². The molecule has 172 valence electrons. The van der Waals surface area contributed by atoms with Gasteiger partial charge in [-0.2, -0.15) is 4.98 Å². The van der Waals surface area contributed by atoms with E-state index in [0.29, 0.717) is 11.7 Å². The van der Waals surface area contributed by atoms with Crippen molar-refractivity contribution in [2.75, 3.05) is 43.4 Å². The van der Waals surface area contributed by atoms with Crippen LogP contribution in [0, 0.1) is 0 Å². The molecular weight excluding hydrogens is 455 g/mol.